The van der Waals surface area contributed by atoms with Crippen molar-refractivity contribution in [3.8, 4) is 0 Å². The number of aromatic nitrogens is 1. The molecule has 0 spiro atoms. The van der Waals surface area contributed by atoms with Crippen LogP contribution in [0.2, 0.25) is 0 Å². The molecule has 1 N–H and O–H groups in total. The Hall–Kier alpha value is -1.24. The summed E-state index contributed by atoms with van der Waals surface area (Å²) in [6, 6.07) is 2.21. The molecule has 0 saturated heterocycles. The molecule has 0 bridgehead atoms. The van der Waals surface area contributed by atoms with Gasteiger partial charge < -0.3 is 4.98 Å². The number of hydrogen-bond acceptors (Lipinski definition) is 0. The van der Waals surface area contributed by atoms with Crippen LogP contribution in [0.1, 0.15) is 192 Å². The Kier molecular flexibility index (Phi) is 25.4. The lowest BCUT2D eigenvalue weighted by Crippen LogP contribution is -1.82. The Morgan fingerprint density at radius 2 is 0.811 bits per heavy atom. The summed E-state index contributed by atoms with van der Waals surface area (Å²) in [6.07, 6.45) is 48.0. The third kappa shape index (κ3) is 22.5. The molecule has 1 heterocycles. The van der Waals surface area contributed by atoms with E-state index in [0.29, 0.717) is 0 Å². The molecular weight excluding hydrogens is 446 g/mol. The molecular formula is C36H65N. The quantitative estimate of drug-likeness (QED) is 0.108. The number of allylic oxidation sites excluding steroid dienone is 2. The van der Waals surface area contributed by atoms with Crippen LogP contribution in [0.15, 0.2) is 24.4 Å². The summed E-state index contributed by atoms with van der Waals surface area (Å²) in [6.45, 7) is 4.60. The van der Waals surface area contributed by atoms with E-state index in [1.807, 2.05) is 0 Å². The van der Waals surface area contributed by atoms with Crippen molar-refractivity contribution in [2.75, 3.05) is 0 Å². The zero-order chi connectivity index (χ0) is 26.5. The first-order valence-electron chi connectivity index (χ1n) is 16.9. The van der Waals surface area contributed by atoms with Gasteiger partial charge in [0.2, 0.25) is 0 Å². The van der Waals surface area contributed by atoms with Crippen LogP contribution in [0, 0.1) is 0 Å². The normalized spacial score (nSPS) is 11.9. The van der Waals surface area contributed by atoms with E-state index in [2.05, 4.69) is 55.4 Å². The fourth-order valence-corrected chi connectivity index (χ4v) is 5.30. The number of hydrogen-bond donors (Lipinski definition) is 1. The molecule has 0 saturated carbocycles. The second-order valence-corrected chi connectivity index (χ2v) is 11.5. The van der Waals surface area contributed by atoms with E-state index in [-0.39, 0.29) is 0 Å². The summed E-state index contributed by atoms with van der Waals surface area (Å²) in [5.41, 5.74) is 2.61. The summed E-state index contributed by atoms with van der Waals surface area (Å²) in [5, 5.41) is 0. The van der Waals surface area contributed by atoms with Gasteiger partial charge in [-0.3, -0.25) is 0 Å². The predicted octanol–water partition coefficient (Wildman–Crippen LogP) is 13.2. The fraction of sp³-hybridized carbons (Fsp3) is 0.778. The summed E-state index contributed by atoms with van der Waals surface area (Å²) in [4.78, 5) is 3.41. The number of rotatable bonds is 28. The molecule has 214 valence electrons. The van der Waals surface area contributed by atoms with E-state index < -0.39 is 0 Å². The molecule has 1 aromatic rings. The summed E-state index contributed by atoms with van der Waals surface area (Å²) < 4.78 is 0. The Bertz CT molecular complexity index is 570. The zero-order valence-corrected chi connectivity index (χ0v) is 25.3. The first-order chi connectivity index (χ1) is 18.4. The molecule has 0 fully saturated rings. The van der Waals surface area contributed by atoms with E-state index >= 15 is 0 Å². The topological polar surface area (TPSA) is 15.8 Å². The van der Waals surface area contributed by atoms with Crippen molar-refractivity contribution in [2.24, 2.45) is 0 Å². The molecule has 1 heteroatoms. The molecule has 0 aromatic carbocycles. The lowest BCUT2D eigenvalue weighted by molar-refractivity contribution is 0.545. The Morgan fingerprint density at radius 3 is 1.22 bits per heavy atom. The van der Waals surface area contributed by atoms with Crippen molar-refractivity contribution in [3.05, 3.63) is 35.7 Å². The fourth-order valence-electron chi connectivity index (χ4n) is 5.30. The molecule has 1 rings (SSSR count). The average molecular weight is 512 g/mol. The van der Waals surface area contributed by atoms with Gasteiger partial charge in [-0.2, -0.15) is 0 Å². The molecule has 0 amide bonds. The summed E-state index contributed by atoms with van der Waals surface area (Å²) >= 11 is 0. The number of aromatic amines is 1. The van der Waals surface area contributed by atoms with Crippen molar-refractivity contribution in [1.29, 1.82) is 0 Å². The highest BCUT2D eigenvalue weighted by molar-refractivity contribution is 5.62. The largest absolute Gasteiger partial charge is 0.361 e. The van der Waals surface area contributed by atoms with Crippen molar-refractivity contribution in [1.82, 2.24) is 4.98 Å². The molecule has 0 aliphatic heterocycles. The van der Waals surface area contributed by atoms with Gasteiger partial charge in [-0.1, -0.05) is 173 Å². The van der Waals surface area contributed by atoms with Gasteiger partial charge in [0.15, 0.2) is 0 Å². The summed E-state index contributed by atoms with van der Waals surface area (Å²) in [5.74, 6) is 0. The van der Waals surface area contributed by atoms with Gasteiger partial charge in [-0.05, 0) is 43.4 Å². The lowest BCUT2D eigenvalue weighted by Gasteiger charge is -2.02. The predicted molar refractivity (Wildman–Crippen MR) is 170 cm³/mol. The molecule has 0 unspecified atom stereocenters. The third-order valence-corrected chi connectivity index (χ3v) is 7.84. The van der Waals surface area contributed by atoms with Crippen LogP contribution in [0.5, 0.6) is 0 Å². The van der Waals surface area contributed by atoms with Crippen molar-refractivity contribution < 1.29 is 0 Å². The highest BCUT2D eigenvalue weighted by Crippen LogP contribution is 2.16. The molecule has 37 heavy (non-hydrogen) atoms. The Morgan fingerprint density at radius 1 is 0.459 bits per heavy atom. The number of unbranched alkanes of at least 4 members (excludes halogenated alkanes) is 24. The minimum absolute atomic E-state index is 1.21. The second-order valence-electron chi connectivity index (χ2n) is 11.5. The van der Waals surface area contributed by atoms with E-state index in [4.69, 9.17) is 0 Å². The van der Waals surface area contributed by atoms with E-state index in [9.17, 15) is 0 Å². The molecule has 0 aliphatic rings. The standard InChI is InChI=1S/C36H65N/c1-3-5-7-9-11-13-15-17-19-21-23-25-27-29-31-35-33-34-37-36(35)32-30-28-26-24-22-20-18-16-14-12-10-8-6-4-2/h29-34,37H,3-28H2,1-2H3/b31-29+,32-30+. The third-order valence-electron chi connectivity index (χ3n) is 7.84. The lowest BCUT2D eigenvalue weighted by atomic mass is 10.0. The zero-order valence-electron chi connectivity index (χ0n) is 25.3. The molecule has 1 aromatic heterocycles. The minimum Gasteiger partial charge on any atom is -0.361 e. The van der Waals surface area contributed by atoms with Crippen molar-refractivity contribution in [2.45, 2.75) is 181 Å². The molecule has 1 nitrogen and oxygen atoms in total. The van der Waals surface area contributed by atoms with Crippen molar-refractivity contribution in [3.63, 3.8) is 0 Å². The van der Waals surface area contributed by atoms with Crippen LogP contribution in [0.4, 0.5) is 0 Å². The molecule has 0 radical (unpaired) electrons. The SMILES string of the molecule is CCCCCCCCCCCCCC/C=C/c1cc[nH]c1/C=C/CCCCCCCCCCCCCC. The highest BCUT2D eigenvalue weighted by atomic mass is 14.7. The van der Waals surface area contributed by atoms with Crippen LogP contribution in [-0.4, -0.2) is 4.98 Å². The molecule has 0 aliphatic carbocycles. The highest BCUT2D eigenvalue weighted by Gasteiger charge is 1.97. The average Bonchev–Trinajstić information content (AvgIpc) is 3.36. The van der Waals surface area contributed by atoms with Gasteiger partial charge >= 0.3 is 0 Å². The van der Waals surface area contributed by atoms with E-state index in [1.54, 1.807) is 0 Å². The second kappa shape index (κ2) is 27.8. The van der Waals surface area contributed by atoms with Gasteiger partial charge in [0.25, 0.3) is 0 Å². The number of H-pyrrole nitrogens is 1. The maximum Gasteiger partial charge on any atom is 0.0450 e. The van der Waals surface area contributed by atoms with Crippen LogP contribution < -0.4 is 0 Å². The maximum absolute atomic E-state index is 3.41. The molecule has 0 atom stereocenters. The first kappa shape index (κ1) is 33.8. The van der Waals surface area contributed by atoms with Crippen molar-refractivity contribution >= 4 is 12.2 Å². The van der Waals surface area contributed by atoms with E-state index in [1.165, 1.54) is 178 Å². The van der Waals surface area contributed by atoms with Gasteiger partial charge in [0.1, 0.15) is 0 Å². The van der Waals surface area contributed by atoms with Gasteiger partial charge in [0.05, 0.1) is 0 Å². The number of nitrogens with one attached hydrogen (secondary N) is 1. The Balaban J connectivity index is 1.95. The monoisotopic (exact) mass is 512 g/mol. The van der Waals surface area contributed by atoms with Crippen LogP contribution in [0.25, 0.3) is 12.2 Å². The minimum atomic E-state index is 1.21. The van der Waals surface area contributed by atoms with Crippen LogP contribution >= 0.6 is 0 Å². The van der Waals surface area contributed by atoms with Crippen LogP contribution in [0.3, 0.4) is 0 Å². The summed E-state index contributed by atoms with van der Waals surface area (Å²) in [7, 11) is 0. The Labute approximate surface area is 233 Å². The van der Waals surface area contributed by atoms with Gasteiger partial charge in [0, 0.05) is 11.9 Å². The maximum atomic E-state index is 3.41. The smallest absolute Gasteiger partial charge is 0.0450 e. The van der Waals surface area contributed by atoms with Gasteiger partial charge in [-0.15, -0.1) is 0 Å². The van der Waals surface area contributed by atoms with Gasteiger partial charge in [-0.25, -0.2) is 0 Å². The van der Waals surface area contributed by atoms with E-state index in [0.717, 1.165) is 0 Å². The first-order valence-corrected chi connectivity index (χ1v) is 16.9. The van der Waals surface area contributed by atoms with Crippen LogP contribution in [-0.2, 0) is 0 Å².